The second-order valence-corrected chi connectivity index (χ2v) is 9.63. The van der Waals surface area contributed by atoms with E-state index >= 15 is 0 Å². The third-order valence-corrected chi connectivity index (χ3v) is 6.68. The van der Waals surface area contributed by atoms with Crippen molar-refractivity contribution in [1.82, 2.24) is 34.5 Å². The van der Waals surface area contributed by atoms with Crippen LogP contribution >= 0.6 is 0 Å². The lowest BCUT2D eigenvalue weighted by molar-refractivity contribution is -0.127. The van der Waals surface area contributed by atoms with Crippen LogP contribution in [-0.2, 0) is 11.3 Å². The average Bonchev–Trinajstić information content (AvgIpc) is 3.68. The van der Waals surface area contributed by atoms with Gasteiger partial charge in [-0.2, -0.15) is 0 Å². The Bertz CT molecular complexity index is 1610. The molecule has 5 rings (SSSR count). The van der Waals surface area contributed by atoms with Crippen LogP contribution in [0.15, 0.2) is 47.8 Å². The molecule has 2 N–H and O–H groups in total. The number of amides is 1. The summed E-state index contributed by atoms with van der Waals surface area (Å²) in [6, 6.07) is 4.84. The highest BCUT2D eigenvalue weighted by Gasteiger charge is 2.40. The van der Waals surface area contributed by atoms with E-state index in [9.17, 15) is 4.79 Å². The molecule has 0 radical (unpaired) electrons. The minimum absolute atomic E-state index is 0.164. The number of hydrogen-bond acceptors (Lipinski definition) is 10. The van der Waals surface area contributed by atoms with Gasteiger partial charge >= 0.3 is 0 Å². The minimum Gasteiger partial charge on any atom is -0.497 e. The largest absolute Gasteiger partial charge is 0.497 e. The standard InChI is InChI=1S/C28H30N8O4/c1-6-24(37)36-14-19(11-22(36)28-33-32-23(40-28)15-34(2)3)35-13-18(25-26(29)30-16-31-27(25)35)8-7-17-9-20(38-4)12-21(10-17)39-5/h6,9-10,12-13,16,19,22H,1,11,14-15H2,2-5H3,(H2,29,30,31)/t19-,22?/m0/s1. The number of carbonyl (C=O) groups is 1. The summed E-state index contributed by atoms with van der Waals surface area (Å²) in [5.74, 6) is 8.61. The maximum absolute atomic E-state index is 12.9. The van der Waals surface area contributed by atoms with Crippen LogP contribution in [0.3, 0.4) is 0 Å². The number of fused-ring (bicyclic) bond motifs is 1. The number of nitrogen functional groups attached to an aromatic ring is 1. The van der Waals surface area contributed by atoms with Gasteiger partial charge in [0, 0.05) is 24.4 Å². The molecule has 1 aliphatic rings. The van der Waals surface area contributed by atoms with Gasteiger partial charge in [-0.3, -0.25) is 4.79 Å². The lowest BCUT2D eigenvalue weighted by atomic mass is 10.1. The summed E-state index contributed by atoms with van der Waals surface area (Å²) in [5.41, 5.74) is 8.29. The van der Waals surface area contributed by atoms with Crippen LogP contribution in [-0.4, -0.2) is 75.3 Å². The van der Waals surface area contributed by atoms with Crippen LogP contribution in [0.1, 0.15) is 41.4 Å². The number of methoxy groups -OCH3 is 2. The van der Waals surface area contributed by atoms with E-state index in [1.54, 1.807) is 25.2 Å². The van der Waals surface area contributed by atoms with Crippen molar-refractivity contribution in [1.29, 1.82) is 0 Å². The number of nitrogens with two attached hydrogens (primary N) is 1. The Hall–Kier alpha value is -4.89. The van der Waals surface area contributed by atoms with Crippen LogP contribution in [0.5, 0.6) is 11.5 Å². The summed E-state index contributed by atoms with van der Waals surface area (Å²) in [6.45, 7) is 4.56. The van der Waals surface area contributed by atoms with Crippen LogP contribution in [0, 0.1) is 11.8 Å². The van der Waals surface area contributed by atoms with E-state index < -0.39 is 6.04 Å². The molecule has 4 aromatic rings. The minimum atomic E-state index is -0.422. The molecule has 4 heterocycles. The number of likely N-dealkylation sites (tertiary alicyclic amines) is 1. The van der Waals surface area contributed by atoms with Gasteiger partial charge in [-0.05, 0) is 38.7 Å². The molecule has 3 aromatic heterocycles. The summed E-state index contributed by atoms with van der Waals surface area (Å²) >= 11 is 0. The molecule has 12 heteroatoms. The number of benzene rings is 1. The Labute approximate surface area is 231 Å². The number of rotatable bonds is 7. The highest BCUT2D eigenvalue weighted by molar-refractivity contribution is 5.92. The zero-order valence-corrected chi connectivity index (χ0v) is 22.8. The third kappa shape index (κ3) is 5.19. The lowest BCUT2D eigenvalue weighted by Gasteiger charge is -2.20. The monoisotopic (exact) mass is 542 g/mol. The topological polar surface area (TPSA) is 138 Å². The van der Waals surface area contributed by atoms with Crippen molar-refractivity contribution in [3.8, 4) is 23.3 Å². The summed E-state index contributed by atoms with van der Waals surface area (Å²) in [5, 5.41) is 9.05. The molecule has 0 bridgehead atoms. The van der Waals surface area contributed by atoms with Crippen molar-refractivity contribution in [3.63, 3.8) is 0 Å². The van der Waals surface area contributed by atoms with Gasteiger partial charge in [-0.15, -0.1) is 10.2 Å². The third-order valence-electron chi connectivity index (χ3n) is 6.68. The van der Waals surface area contributed by atoms with E-state index in [0.717, 1.165) is 0 Å². The first kappa shape index (κ1) is 26.7. The van der Waals surface area contributed by atoms with E-state index in [0.29, 0.717) is 70.8 Å². The van der Waals surface area contributed by atoms with E-state index in [4.69, 9.17) is 19.6 Å². The summed E-state index contributed by atoms with van der Waals surface area (Å²) in [6.07, 6.45) is 5.13. The lowest BCUT2D eigenvalue weighted by Crippen LogP contribution is -2.30. The van der Waals surface area contributed by atoms with Gasteiger partial charge in [0.25, 0.3) is 0 Å². The zero-order valence-electron chi connectivity index (χ0n) is 22.8. The quantitative estimate of drug-likeness (QED) is 0.274. The maximum Gasteiger partial charge on any atom is 0.246 e. The molecular weight excluding hydrogens is 512 g/mol. The molecule has 0 saturated carbocycles. The molecule has 1 amide bonds. The average molecular weight is 543 g/mol. The van der Waals surface area contributed by atoms with Crippen molar-refractivity contribution in [2.75, 3.05) is 40.6 Å². The molecule has 1 aliphatic heterocycles. The molecule has 0 spiro atoms. The smallest absolute Gasteiger partial charge is 0.246 e. The van der Waals surface area contributed by atoms with Gasteiger partial charge in [0.1, 0.15) is 35.3 Å². The van der Waals surface area contributed by atoms with E-state index in [-0.39, 0.29) is 11.9 Å². The van der Waals surface area contributed by atoms with E-state index in [1.165, 1.54) is 12.4 Å². The Morgan fingerprint density at radius 3 is 2.62 bits per heavy atom. The predicted octanol–water partition coefficient (Wildman–Crippen LogP) is 2.58. The first-order valence-corrected chi connectivity index (χ1v) is 12.6. The van der Waals surface area contributed by atoms with Gasteiger partial charge in [-0.25, -0.2) is 9.97 Å². The van der Waals surface area contributed by atoms with E-state index in [2.05, 4.69) is 38.6 Å². The van der Waals surface area contributed by atoms with Gasteiger partial charge in [0.2, 0.25) is 17.7 Å². The summed E-state index contributed by atoms with van der Waals surface area (Å²) < 4.78 is 18.7. The second kappa shape index (κ2) is 11.1. The van der Waals surface area contributed by atoms with E-state index in [1.807, 2.05) is 41.9 Å². The normalized spacial score (nSPS) is 16.7. The molecule has 1 fully saturated rings. The highest BCUT2D eigenvalue weighted by atomic mass is 16.5. The van der Waals surface area contributed by atoms with Gasteiger partial charge in [0.05, 0.1) is 37.8 Å². The number of aromatic nitrogens is 5. The van der Waals surface area contributed by atoms with Crippen LogP contribution in [0.25, 0.3) is 11.0 Å². The highest BCUT2D eigenvalue weighted by Crippen LogP contribution is 2.40. The van der Waals surface area contributed by atoms with Gasteiger partial charge in [0.15, 0.2) is 0 Å². The SMILES string of the molecule is C=CC(=O)N1C[C@@H](n2cc(C#Cc3cc(OC)cc(OC)c3)c3c(N)ncnc32)CC1c1nnc(CN(C)C)o1. The van der Waals surface area contributed by atoms with Gasteiger partial charge in [-0.1, -0.05) is 18.4 Å². The van der Waals surface area contributed by atoms with Gasteiger partial charge < -0.3 is 34.0 Å². The molecule has 40 heavy (non-hydrogen) atoms. The molecular formula is C28H30N8O4. The molecule has 1 saturated heterocycles. The molecule has 2 atom stereocenters. The predicted molar refractivity (Wildman–Crippen MR) is 147 cm³/mol. The van der Waals surface area contributed by atoms with Crippen LogP contribution < -0.4 is 15.2 Å². The molecule has 12 nitrogen and oxygen atoms in total. The first-order valence-electron chi connectivity index (χ1n) is 12.6. The second-order valence-electron chi connectivity index (χ2n) is 9.63. The summed E-state index contributed by atoms with van der Waals surface area (Å²) in [7, 11) is 7.01. The Morgan fingerprint density at radius 1 is 1.20 bits per heavy atom. The van der Waals surface area contributed by atoms with Crippen molar-refractivity contribution in [2.45, 2.75) is 25.0 Å². The van der Waals surface area contributed by atoms with Crippen LogP contribution in [0.4, 0.5) is 5.82 Å². The molecule has 206 valence electrons. The van der Waals surface area contributed by atoms with Crippen molar-refractivity contribution >= 4 is 22.8 Å². The van der Waals surface area contributed by atoms with Crippen molar-refractivity contribution in [2.24, 2.45) is 0 Å². The number of anilines is 1. The Kier molecular flexibility index (Phi) is 7.39. The number of carbonyl (C=O) groups excluding carboxylic acids is 1. The summed E-state index contributed by atoms with van der Waals surface area (Å²) in [4.78, 5) is 25.2. The maximum atomic E-state index is 12.9. The molecule has 0 aliphatic carbocycles. The first-order chi connectivity index (χ1) is 19.3. The Morgan fingerprint density at radius 2 is 1.95 bits per heavy atom. The molecule has 1 unspecified atom stereocenters. The molecule has 1 aromatic carbocycles. The Balaban J connectivity index is 1.53. The number of nitrogens with zero attached hydrogens (tertiary/aromatic N) is 7. The van der Waals surface area contributed by atoms with Crippen molar-refractivity contribution in [3.05, 3.63) is 66.3 Å². The van der Waals surface area contributed by atoms with Crippen molar-refractivity contribution < 1.29 is 18.7 Å². The van der Waals surface area contributed by atoms with Crippen LogP contribution in [0.2, 0.25) is 0 Å². The number of hydrogen-bond donors (Lipinski definition) is 1. The zero-order chi connectivity index (χ0) is 28.4. The fourth-order valence-corrected chi connectivity index (χ4v) is 4.85. The fourth-order valence-electron chi connectivity index (χ4n) is 4.85. The fraction of sp³-hybridized carbons (Fsp3) is 0.321. The number of ether oxygens (including phenoxy) is 2.